The van der Waals surface area contributed by atoms with Gasteiger partial charge >= 0.3 is 0 Å². The van der Waals surface area contributed by atoms with Gasteiger partial charge in [0.05, 0.1) is 23.6 Å². The molecule has 0 bridgehead atoms. The summed E-state index contributed by atoms with van der Waals surface area (Å²) in [7, 11) is 1.87. The second-order valence-corrected chi connectivity index (χ2v) is 7.88. The molecular formula is C23H18F2N6S. The molecule has 0 spiro atoms. The first-order valence-electron chi connectivity index (χ1n) is 9.75. The molecule has 5 aromatic rings. The van der Waals surface area contributed by atoms with Gasteiger partial charge in [-0.3, -0.25) is 4.68 Å². The molecule has 1 N–H and O–H groups in total. The van der Waals surface area contributed by atoms with Gasteiger partial charge in [-0.2, -0.15) is 10.2 Å². The van der Waals surface area contributed by atoms with Crippen LogP contribution in [0.5, 0.6) is 0 Å². The van der Waals surface area contributed by atoms with Crippen molar-refractivity contribution in [1.82, 2.24) is 24.4 Å². The summed E-state index contributed by atoms with van der Waals surface area (Å²) in [5.41, 5.74) is 5.16. The number of nitrogens with zero attached hydrogens (tertiary/aromatic N) is 5. The molecular weight excluding hydrogens is 430 g/mol. The first-order chi connectivity index (χ1) is 15.5. The van der Waals surface area contributed by atoms with E-state index in [1.807, 2.05) is 37.8 Å². The molecule has 0 aliphatic carbocycles. The van der Waals surface area contributed by atoms with E-state index in [0.29, 0.717) is 22.6 Å². The topological polar surface area (TPSA) is 60.0 Å². The summed E-state index contributed by atoms with van der Waals surface area (Å²) in [6, 6.07) is 11.1. The van der Waals surface area contributed by atoms with E-state index in [9.17, 15) is 8.78 Å². The fourth-order valence-electron chi connectivity index (χ4n) is 3.63. The molecule has 1 aromatic carbocycles. The van der Waals surface area contributed by atoms with Crippen molar-refractivity contribution in [2.75, 3.05) is 11.0 Å². The summed E-state index contributed by atoms with van der Waals surface area (Å²) in [4.78, 5) is 4.68. The smallest absolute Gasteiger partial charge is 0.137 e. The van der Waals surface area contributed by atoms with Gasteiger partial charge in [-0.1, -0.05) is 18.0 Å². The number of pyridine rings is 2. The number of aryl methyl sites for hydroxylation is 1. The molecule has 0 aliphatic heterocycles. The van der Waals surface area contributed by atoms with E-state index < -0.39 is 11.6 Å². The fourth-order valence-corrected chi connectivity index (χ4v) is 3.94. The van der Waals surface area contributed by atoms with Gasteiger partial charge in [-0.25, -0.2) is 18.3 Å². The molecule has 0 radical (unpaired) electrons. The zero-order valence-corrected chi connectivity index (χ0v) is 18.1. The SMILES string of the molecule is CSNc1cc(-c2ccc(F)cc2F)cc(-c2cnn3cc(-c4cnn(C)c4)ccc23)n1. The molecule has 5 rings (SSSR count). The van der Waals surface area contributed by atoms with Crippen LogP contribution in [-0.2, 0) is 7.05 Å². The van der Waals surface area contributed by atoms with Gasteiger partial charge in [0.15, 0.2) is 0 Å². The van der Waals surface area contributed by atoms with Crippen molar-refractivity contribution in [2.24, 2.45) is 7.05 Å². The Morgan fingerprint density at radius 1 is 0.875 bits per heavy atom. The number of aromatic nitrogens is 5. The number of rotatable bonds is 5. The summed E-state index contributed by atoms with van der Waals surface area (Å²) >= 11 is 1.38. The van der Waals surface area contributed by atoms with Crippen LogP contribution in [-0.4, -0.2) is 30.6 Å². The molecule has 0 fully saturated rings. The van der Waals surface area contributed by atoms with Crippen molar-refractivity contribution in [3.8, 4) is 33.5 Å². The predicted octanol–water partition coefficient (Wildman–Crippen LogP) is 5.43. The maximum atomic E-state index is 14.5. The largest absolute Gasteiger partial charge is 0.315 e. The first-order valence-corrected chi connectivity index (χ1v) is 11.0. The molecule has 9 heteroatoms. The molecule has 6 nitrogen and oxygen atoms in total. The maximum absolute atomic E-state index is 14.5. The summed E-state index contributed by atoms with van der Waals surface area (Å²) in [6.45, 7) is 0. The number of fused-ring (bicyclic) bond motifs is 1. The van der Waals surface area contributed by atoms with Crippen molar-refractivity contribution in [2.45, 2.75) is 0 Å². The van der Waals surface area contributed by atoms with Crippen LogP contribution in [0.25, 0.3) is 39.0 Å². The third-order valence-electron chi connectivity index (χ3n) is 5.10. The van der Waals surface area contributed by atoms with Crippen molar-refractivity contribution in [1.29, 1.82) is 0 Å². The minimum absolute atomic E-state index is 0.301. The van der Waals surface area contributed by atoms with Gasteiger partial charge in [0.1, 0.15) is 17.5 Å². The van der Waals surface area contributed by atoms with Crippen molar-refractivity contribution < 1.29 is 8.78 Å². The first kappa shape index (κ1) is 20.2. The second-order valence-electron chi connectivity index (χ2n) is 7.27. The van der Waals surface area contributed by atoms with Crippen molar-refractivity contribution in [3.63, 3.8) is 0 Å². The molecule has 0 saturated carbocycles. The van der Waals surface area contributed by atoms with Gasteiger partial charge in [0.25, 0.3) is 0 Å². The fraction of sp³-hybridized carbons (Fsp3) is 0.0870. The number of hydrogen-bond acceptors (Lipinski definition) is 5. The van der Waals surface area contributed by atoms with Crippen LogP contribution in [0, 0.1) is 11.6 Å². The third-order valence-corrected chi connectivity index (χ3v) is 5.52. The van der Waals surface area contributed by atoms with Gasteiger partial charge in [0.2, 0.25) is 0 Å². The normalized spacial score (nSPS) is 11.2. The van der Waals surface area contributed by atoms with Gasteiger partial charge in [-0.15, -0.1) is 0 Å². The lowest BCUT2D eigenvalue weighted by Gasteiger charge is -2.10. The summed E-state index contributed by atoms with van der Waals surface area (Å²) < 4.78 is 34.5. The standard InChI is InChI=1S/C23H18F2N6S/c1-30-12-16(10-26-30)14-3-6-22-19(11-27-31(22)13-14)21-7-15(8-23(28-21)29-32-2)18-5-4-17(24)9-20(18)25/h3-13H,1-2H3,(H,28,29). The second kappa shape index (κ2) is 8.08. The molecule has 32 heavy (non-hydrogen) atoms. The molecule has 0 unspecified atom stereocenters. The number of hydrogen-bond donors (Lipinski definition) is 1. The predicted molar refractivity (Wildman–Crippen MR) is 123 cm³/mol. The molecule has 160 valence electrons. The molecule has 0 amide bonds. The number of halogens is 2. The monoisotopic (exact) mass is 448 g/mol. The Morgan fingerprint density at radius 2 is 1.75 bits per heavy atom. The highest BCUT2D eigenvalue weighted by atomic mass is 32.2. The lowest BCUT2D eigenvalue weighted by Crippen LogP contribution is -1.95. The average Bonchev–Trinajstić information content (AvgIpc) is 3.39. The van der Waals surface area contributed by atoms with Crippen LogP contribution in [0.3, 0.4) is 0 Å². The summed E-state index contributed by atoms with van der Waals surface area (Å²) in [5.74, 6) is -0.673. The van der Waals surface area contributed by atoms with Crippen LogP contribution in [0.4, 0.5) is 14.6 Å². The molecule has 4 heterocycles. The van der Waals surface area contributed by atoms with Crippen molar-refractivity contribution >= 4 is 23.3 Å². The minimum Gasteiger partial charge on any atom is -0.315 e. The van der Waals surface area contributed by atoms with Crippen LogP contribution in [0.2, 0.25) is 0 Å². The Labute approximate surface area is 187 Å². The Kier molecular flexibility index (Phi) is 5.10. The van der Waals surface area contributed by atoms with Gasteiger partial charge in [-0.05, 0) is 35.9 Å². The van der Waals surface area contributed by atoms with E-state index >= 15 is 0 Å². The zero-order chi connectivity index (χ0) is 22.2. The highest BCUT2D eigenvalue weighted by Crippen LogP contribution is 2.32. The molecule has 0 aliphatic rings. The maximum Gasteiger partial charge on any atom is 0.137 e. The van der Waals surface area contributed by atoms with E-state index in [1.54, 1.807) is 33.7 Å². The van der Waals surface area contributed by atoms with Crippen LogP contribution in [0.15, 0.2) is 67.3 Å². The van der Waals surface area contributed by atoms with E-state index in [2.05, 4.69) is 19.9 Å². The van der Waals surface area contributed by atoms with Gasteiger partial charge in [0, 0.05) is 54.0 Å². The zero-order valence-electron chi connectivity index (χ0n) is 17.3. The van der Waals surface area contributed by atoms with Crippen LogP contribution >= 0.6 is 11.9 Å². The lowest BCUT2D eigenvalue weighted by atomic mass is 10.0. The molecule has 0 saturated heterocycles. The minimum atomic E-state index is -0.627. The Morgan fingerprint density at radius 3 is 2.50 bits per heavy atom. The quantitative estimate of drug-likeness (QED) is 0.363. The third kappa shape index (κ3) is 3.71. The average molecular weight is 449 g/mol. The molecule has 4 aromatic heterocycles. The van der Waals surface area contributed by atoms with E-state index in [0.717, 1.165) is 28.3 Å². The van der Waals surface area contributed by atoms with Crippen LogP contribution in [0.1, 0.15) is 0 Å². The number of anilines is 1. The van der Waals surface area contributed by atoms with E-state index in [-0.39, 0.29) is 0 Å². The lowest BCUT2D eigenvalue weighted by molar-refractivity contribution is 0.585. The van der Waals surface area contributed by atoms with Crippen LogP contribution < -0.4 is 4.72 Å². The number of nitrogens with one attached hydrogen (secondary N) is 1. The van der Waals surface area contributed by atoms with E-state index in [1.165, 1.54) is 24.1 Å². The highest BCUT2D eigenvalue weighted by Gasteiger charge is 2.15. The highest BCUT2D eigenvalue weighted by molar-refractivity contribution is 7.99. The Bertz CT molecular complexity index is 1440. The molecule has 0 atom stereocenters. The van der Waals surface area contributed by atoms with Crippen molar-refractivity contribution in [3.05, 3.63) is 78.9 Å². The summed E-state index contributed by atoms with van der Waals surface area (Å²) in [5, 5.41) is 8.71. The van der Waals surface area contributed by atoms with E-state index in [4.69, 9.17) is 0 Å². The van der Waals surface area contributed by atoms with Gasteiger partial charge < -0.3 is 4.72 Å². The Balaban J connectivity index is 1.62. The number of benzene rings is 1. The summed E-state index contributed by atoms with van der Waals surface area (Å²) in [6.07, 6.45) is 9.28. The Hall–Kier alpha value is -3.72.